The maximum absolute atomic E-state index is 12.1. The number of amides is 2. The number of likely N-dealkylation sites (tertiary alicyclic amines) is 1. The maximum Gasteiger partial charge on any atom is 0.320 e. The standard InChI is InChI=1S/C13H24N2O3/c1-4-10(3)7-14(5-2)13(18)15-8-11(9-15)6-12(16)17/h10-11H,4-9H2,1-3H3,(H,16,17). The fraction of sp³-hybridized carbons (Fsp3) is 0.846. The van der Waals surface area contributed by atoms with E-state index in [9.17, 15) is 9.59 Å². The highest BCUT2D eigenvalue weighted by molar-refractivity contribution is 5.76. The minimum Gasteiger partial charge on any atom is -0.481 e. The Morgan fingerprint density at radius 3 is 2.44 bits per heavy atom. The zero-order valence-corrected chi connectivity index (χ0v) is 11.6. The van der Waals surface area contributed by atoms with Crippen molar-refractivity contribution in [3.05, 3.63) is 0 Å². The lowest BCUT2D eigenvalue weighted by atomic mass is 9.97. The molecule has 104 valence electrons. The zero-order valence-electron chi connectivity index (χ0n) is 11.6. The van der Waals surface area contributed by atoms with Crippen LogP contribution in [0.15, 0.2) is 0 Å². The molecule has 0 aromatic rings. The first kappa shape index (κ1) is 14.8. The molecule has 1 fully saturated rings. The van der Waals surface area contributed by atoms with Gasteiger partial charge in [-0.3, -0.25) is 4.79 Å². The van der Waals surface area contributed by atoms with Crippen molar-refractivity contribution in [3.63, 3.8) is 0 Å². The average molecular weight is 256 g/mol. The van der Waals surface area contributed by atoms with Crippen molar-refractivity contribution in [2.24, 2.45) is 11.8 Å². The van der Waals surface area contributed by atoms with Gasteiger partial charge in [-0.2, -0.15) is 0 Å². The average Bonchev–Trinajstić information content (AvgIpc) is 2.28. The molecule has 1 saturated heterocycles. The van der Waals surface area contributed by atoms with E-state index < -0.39 is 5.97 Å². The van der Waals surface area contributed by atoms with E-state index in [2.05, 4.69) is 13.8 Å². The van der Waals surface area contributed by atoms with Crippen LogP contribution in [0, 0.1) is 11.8 Å². The van der Waals surface area contributed by atoms with Crippen LogP contribution in [0.1, 0.15) is 33.6 Å². The number of carboxylic acid groups (broad SMARTS) is 1. The van der Waals surface area contributed by atoms with E-state index in [-0.39, 0.29) is 18.4 Å². The molecule has 1 atom stereocenters. The molecule has 1 aliphatic heterocycles. The van der Waals surface area contributed by atoms with Crippen molar-refractivity contribution in [3.8, 4) is 0 Å². The van der Waals surface area contributed by atoms with Crippen LogP contribution in [0.25, 0.3) is 0 Å². The molecule has 1 aliphatic rings. The van der Waals surface area contributed by atoms with Crippen LogP contribution in [-0.2, 0) is 4.79 Å². The minimum absolute atomic E-state index is 0.0550. The molecule has 0 bridgehead atoms. The summed E-state index contributed by atoms with van der Waals surface area (Å²) < 4.78 is 0. The van der Waals surface area contributed by atoms with E-state index in [0.717, 1.165) is 13.0 Å². The van der Waals surface area contributed by atoms with Crippen molar-refractivity contribution >= 4 is 12.0 Å². The molecule has 0 spiro atoms. The van der Waals surface area contributed by atoms with Gasteiger partial charge < -0.3 is 14.9 Å². The van der Waals surface area contributed by atoms with Crippen LogP contribution in [0.3, 0.4) is 0 Å². The molecule has 0 aliphatic carbocycles. The molecule has 1 rings (SSSR count). The lowest BCUT2D eigenvalue weighted by molar-refractivity contribution is -0.139. The van der Waals surface area contributed by atoms with Crippen molar-refractivity contribution in [1.29, 1.82) is 0 Å². The smallest absolute Gasteiger partial charge is 0.320 e. The van der Waals surface area contributed by atoms with Crippen LogP contribution in [0.2, 0.25) is 0 Å². The summed E-state index contributed by atoms with van der Waals surface area (Å²) in [4.78, 5) is 26.3. The summed E-state index contributed by atoms with van der Waals surface area (Å²) >= 11 is 0. The fourth-order valence-electron chi connectivity index (χ4n) is 2.15. The molecule has 5 heteroatoms. The van der Waals surface area contributed by atoms with Crippen molar-refractivity contribution in [1.82, 2.24) is 9.80 Å². The maximum atomic E-state index is 12.1. The van der Waals surface area contributed by atoms with Gasteiger partial charge in [-0.15, -0.1) is 0 Å². The number of hydrogen-bond acceptors (Lipinski definition) is 2. The summed E-state index contributed by atoms with van der Waals surface area (Å²) in [6, 6.07) is 0.0550. The predicted octanol–water partition coefficient (Wildman–Crippen LogP) is 1.88. The van der Waals surface area contributed by atoms with Crippen LogP contribution in [0.5, 0.6) is 0 Å². The number of aliphatic carboxylic acids is 1. The second-order valence-electron chi connectivity index (χ2n) is 5.20. The Balaban J connectivity index is 2.38. The Hall–Kier alpha value is -1.26. The Morgan fingerprint density at radius 1 is 1.39 bits per heavy atom. The van der Waals surface area contributed by atoms with Gasteiger partial charge in [0.05, 0.1) is 6.42 Å². The third kappa shape index (κ3) is 3.89. The summed E-state index contributed by atoms with van der Waals surface area (Å²) in [5.41, 5.74) is 0. The van der Waals surface area contributed by atoms with Crippen molar-refractivity contribution < 1.29 is 14.7 Å². The van der Waals surface area contributed by atoms with Crippen LogP contribution < -0.4 is 0 Å². The quantitative estimate of drug-likeness (QED) is 0.789. The number of carbonyl (C=O) groups is 2. The summed E-state index contributed by atoms with van der Waals surface area (Å²) in [5.74, 6) is -0.141. The minimum atomic E-state index is -0.779. The van der Waals surface area contributed by atoms with Crippen molar-refractivity contribution in [2.75, 3.05) is 26.2 Å². The third-order valence-corrected chi connectivity index (χ3v) is 3.57. The number of urea groups is 1. The Labute approximate surface area is 109 Å². The second-order valence-corrected chi connectivity index (χ2v) is 5.20. The summed E-state index contributed by atoms with van der Waals surface area (Å²) in [6.45, 7) is 8.91. The number of rotatable bonds is 6. The largest absolute Gasteiger partial charge is 0.481 e. The molecule has 5 nitrogen and oxygen atoms in total. The van der Waals surface area contributed by atoms with Crippen LogP contribution in [0.4, 0.5) is 4.79 Å². The van der Waals surface area contributed by atoms with Crippen LogP contribution in [-0.4, -0.2) is 53.1 Å². The Morgan fingerprint density at radius 2 is 2.00 bits per heavy atom. The molecular formula is C13H24N2O3. The molecule has 2 amide bonds. The third-order valence-electron chi connectivity index (χ3n) is 3.57. The molecule has 1 N–H and O–H groups in total. The van der Waals surface area contributed by atoms with Crippen LogP contribution >= 0.6 is 0 Å². The molecule has 0 saturated carbocycles. The Kier molecular flexibility index (Phi) is 5.44. The van der Waals surface area contributed by atoms with Gasteiger partial charge in [0.2, 0.25) is 0 Å². The molecule has 18 heavy (non-hydrogen) atoms. The summed E-state index contributed by atoms with van der Waals surface area (Å²) in [7, 11) is 0. The van der Waals surface area contributed by atoms with Gasteiger partial charge in [0.25, 0.3) is 0 Å². The van der Waals surface area contributed by atoms with Gasteiger partial charge in [0.15, 0.2) is 0 Å². The molecule has 1 heterocycles. The highest BCUT2D eigenvalue weighted by atomic mass is 16.4. The number of nitrogens with zero attached hydrogens (tertiary/aromatic N) is 2. The number of carboxylic acids is 1. The van der Waals surface area contributed by atoms with Gasteiger partial charge in [-0.05, 0) is 12.8 Å². The molecular weight excluding hydrogens is 232 g/mol. The second kappa shape index (κ2) is 6.61. The van der Waals surface area contributed by atoms with Gasteiger partial charge in [-0.1, -0.05) is 20.3 Å². The zero-order chi connectivity index (χ0) is 13.7. The van der Waals surface area contributed by atoms with E-state index in [1.807, 2.05) is 11.8 Å². The Bertz CT molecular complexity index is 301. The molecule has 0 radical (unpaired) electrons. The number of hydrogen-bond donors (Lipinski definition) is 1. The van der Waals surface area contributed by atoms with E-state index in [1.54, 1.807) is 4.90 Å². The van der Waals surface area contributed by atoms with E-state index in [1.165, 1.54) is 0 Å². The van der Waals surface area contributed by atoms with Gasteiger partial charge in [0, 0.05) is 32.1 Å². The fourth-order valence-corrected chi connectivity index (χ4v) is 2.15. The first-order valence-electron chi connectivity index (χ1n) is 6.73. The first-order valence-corrected chi connectivity index (χ1v) is 6.73. The lowest BCUT2D eigenvalue weighted by Gasteiger charge is -2.41. The lowest BCUT2D eigenvalue weighted by Crippen LogP contribution is -2.55. The van der Waals surface area contributed by atoms with Gasteiger partial charge in [-0.25, -0.2) is 4.79 Å². The monoisotopic (exact) mass is 256 g/mol. The molecule has 0 aromatic carbocycles. The van der Waals surface area contributed by atoms with Crippen molar-refractivity contribution in [2.45, 2.75) is 33.6 Å². The SMILES string of the molecule is CCC(C)CN(CC)C(=O)N1CC(CC(=O)O)C1. The normalized spacial score (nSPS) is 17.2. The predicted molar refractivity (Wildman–Crippen MR) is 69.4 cm³/mol. The summed E-state index contributed by atoms with van der Waals surface area (Å²) in [6.07, 6.45) is 1.23. The van der Waals surface area contributed by atoms with Gasteiger partial charge in [0.1, 0.15) is 0 Å². The summed E-state index contributed by atoms with van der Waals surface area (Å²) in [5, 5.41) is 8.67. The topological polar surface area (TPSA) is 60.9 Å². The highest BCUT2D eigenvalue weighted by Crippen LogP contribution is 2.21. The van der Waals surface area contributed by atoms with E-state index >= 15 is 0 Å². The number of carbonyl (C=O) groups excluding carboxylic acids is 1. The first-order chi connectivity index (χ1) is 8.47. The molecule has 1 unspecified atom stereocenters. The molecule has 0 aromatic heterocycles. The highest BCUT2D eigenvalue weighted by Gasteiger charge is 2.34. The van der Waals surface area contributed by atoms with Gasteiger partial charge >= 0.3 is 12.0 Å². The van der Waals surface area contributed by atoms with E-state index in [0.29, 0.717) is 25.6 Å². The van der Waals surface area contributed by atoms with E-state index in [4.69, 9.17) is 5.11 Å².